The maximum atomic E-state index is 12.9. The molecule has 162 valence electrons. The first-order valence-electron chi connectivity index (χ1n) is 10.5. The number of rotatable bonds is 4. The summed E-state index contributed by atoms with van der Waals surface area (Å²) in [6.07, 6.45) is 4.67. The van der Waals surface area contributed by atoms with Gasteiger partial charge in [0.15, 0.2) is 0 Å². The summed E-state index contributed by atoms with van der Waals surface area (Å²) in [6.45, 7) is 7.27. The van der Waals surface area contributed by atoms with Gasteiger partial charge in [0.2, 0.25) is 0 Å². The fourth-order valence-electron chi connectivity index (χ4n) is 4.21. The van der Waals surface area contributed by atoms with Crippen LogP contribution in [0.2, 0.25) is 0 Å². The number of fused-ring (bicyclic) bond motifs is 1. The molecule has 8 nitrogen and oxygen atoms in total. The first-order chi connectivity index (χ1) is 14.2. The van der Waals surface area contributed by atoms with Gasteiger partial charge in [-0.2, -0.15) is 5.10 Å². The Bertz CT molecular complexity index is 973. The topological polar surface area (TPSA) is 76.9 Å². The molecule has 8 heteroatoms. The van der Waals surface area contributed by atoms with Gasteiger partial charge in [-0.05, 0) is 52.2 Å². The first-order valence-corrected chi connectivity index (χ1v) is 10.5. The fourth-order valence-corrected chi connectivity index (χ4v) is 4.21. The number of methoxy groups -OCH3 is 1. The number of aromatic nitrogens is 2. The monoisotopic (exact) mass is 414 g/mol. The van der Waals surface area contributed by atoms with E-state index in [1.165, 1.54) is 7.11 Å². The molecule has 0 spiro atoms. The second kappa shape index (κ2) is 7.49. The third kappa shape index (κ3) is 3.95. The summed E-state index contributed by atoms with van der Waals surface area (Å²) < 4.78 is 12.3. The first kappa shape index (κ1) is 20.5. The summed E-state index contributed by atoms with van der Waals surface area (Å²) >= 11 is 0. The van der Waals surface area contributed by atoms with Crippen molar-refractivity contribution in [3.05, 3.63) is 23.9 Å². The van der Waals surface area contributed by atoms with E-state index in [1.807, 2.05) is 45.0 Å². The Balaban J connectivity index is 1.59. The third-order valence-electron chi connectivity index (χ3n) is 5.62. The molecule has 0 bridgehead atoms. The average molecular weight is 415 g/mol. The van der Waals surface area contributed by atoms with Crippen LogP contribution in [0, 0.1) is 0 Å². The van der Waals surface area contributed by atoms with Crippen LogP contribution in [0.15, 0.2) is 18.3 Å². The molecule has 0 N–H and O–H groups in total. The fraction of sp³-hybridized carbons (Fsp3) is 0.591. The van der Waals surface area contributed by atoms with Crippen molar-refractivity contribution in [2.45, 2.75) is 57.7 Å². The summed E-state index contributed by atoms with van der Waals surface area (Å²) in [4.78, 5) is 29.2. The number of hydrogen-bond donors (Lipinski definition) is 0. The molecule has 1 aromatic carbocycles. The lowest BCUT2D eigenvalue weighted by molar-refractivity contribution is 0.0158. The van der Waals surface area contributed by atoms with E-state index >= 15 is 0 Å². The van der Waals surface area contributed by atoms with Crippen molar-refractivity contribution in [3.8, 4) is 0 Å². The Kier molecular flexibility index (Phi) is 5.11. The van der Waals surface area contributed by atoms with Crippen LogP contribution in [0.5, 0.6) is 0 Å². The lowest BCUT2D eigenvalue weighted by Gasteiger charge is -2.32. The highest BCUT2D eigenvalue weighted by atomic mass is 16.6. The quantitative estimate of drug-likeness (QED) is 0.714. The average Bonchev–Trinajstić information content (AvgIpc) is 3.22. The van der Waals surface area contributed by atoms with Gasteiger partial charge in [-0.25, -0.2) is 9.59 Å². The molecule has 4 rings (SSSR count). The number of ether oxygens (including phenoxy) is 2. The molecule has 30 heavy (non-hydrogen) atoms. The van der Waals surface area contributed by atoms with Gasteiger partial charge >= 0.3 is 12.1 Å². The van der Waals surface area contributed by atoms with Gasteiger partial charge in [0.1, 0.15) is 11.1 Å². The number of hydrogen-bond acceptors (Lipinski definition) is 6. The zero-order valence-electron chi connectivity index (χ0n) is 18.3. The molecular formula is C22H30N4O4. The normalized spacial score (nSPS) is 19.2. The summed E-state index contributed by atoms with van der Waals surface area (Å²) in [7, 11) is 3.22. The number of benzene rings is 1. The zero-order valence-corrected chi connectivity index (χ0v) is 18.3. The minimum absolute atomic E-state index is 0.111. The standard InChI is InChI=1S/C22H30N4O4/c1-22(2,3)30-21(28)26(14-6-7-14)15-10-11-25(12-15)18-9-8-16(20(27)29-5)19-17(18)13-24(4)23-19/h8-9,13-15H,6-7,10-12H2,1-5H3. The molecule has 1 unspecified atom stereocenters. The van der Waals surface area contributed by atoms with Gasteiger partial charge in [0, 0.05) is 43.4 Å². The number of carbonyl (C=O) groups excluding carboxylic acids is 2. The molecule has 2 aromatic rings. The van der Waals surface area contributed by atoms with Crippen LogP contribution in [-0.4, -0.2) is 64.6 Å². The smallest absolute Gasteiger partial charge is 0.410 e. The Labute approximate surface area is 176 Å². The molecule has 1 saturated heterocycles. The van der Waals surface area contributed by atoms with Crippen molar-refractivity contribution in [2.24, 2.45) is 7.05 Å². The van der Waals surface area contributed by atoms with E-state index in [0.29, 0.717) is 11.1 Å². The van der Waals surface area contributed by atoms with Crippen LogP contribution in [0.1, 0.15) is 50.4 Å². The second-order valence-corrected chi connectivity index (χ2v) is 9.20. The van der Waals surface area contributed by atoms with Crippen LogP contribution in [0.25, 0.3) is 10.9 Å². The number of carbonyl (C=O) groups is 2. The van der Waals surface area contributed by atoms with Crippen LogP contribution >= 0.6 is 0 Å². The number of nitrogens with zero attached hydrogens (tertiary/aromatic N) is 4. The zero-order chi connectivity index (χ0) is 21.6. The van der Waals surface area contributed by atoms with Crippen LogP contribution in [-0.2, 0) is 16.5 Å². The molecule has 1 atom stereocenters. The third-order valence-corrected chi connectivity index (χ3v) is 5.62. The molecule has 2 heterocycles. The maximum absolute atomic E-state index is 12.9. The molecular weight excluding hydrogens is 384 g/mol. The van der Waals surface area contributed by atoms with E-state index in [9.17, 15) is 9.59 Å². The van der Waals surface area contributed by atoms with E-state index < -0.39 is 11.6 Å². The predicted molar refractivity (Wildman–Crippen MR) is 114 cm³/mol. The Hall–Kier alpha value is -2.77. The highest BCUT2D eigenvalue weighted by Crippen LogP contribution is 2.36. The van der Waals surface area contributed by atoms with Crippen LogP contribution < -0.4 is 4.90 Å². The van der Waals surface area contributed by atoms with E-state index in [4.69, 9.17) is 9.47 Å². The van der Waals surface area contributed by atoms with Gasteiger partial charge in [0.05, 0.1) is 18.7 Å². The van der Waals surface area contributed by atoms with Crippen molar-refractivity contribution < 1.29 is 19.1 Å². The predicted octanol–water partition coefficient (Wildman–Crippen LogP) is 3.34. The minimum Gasteiger partial charge on any atom is -0.465 e. The van der Waals surface area contributed by atoms with E-state index in [0.717, 1.165) is 43.4 Å². The van der Waals surface area contributed by atoms with Gasteiger partial charge < -0.3 is 19.3 Å². The molecule has 1 aromatic heterocycles. The lowest BCUT2D eigenvalue weighted by Crippen LogP contribution is -2.46. The van der Waals surface area contributed by atoms with Crippen LogP contribution in [0.4, 0.5) is 10.5 Å². The summed E-state index contributed by atoms with van der Waals surface area (Å²) in [5.41, 5.74) is 1.61. The van der Waals surface area contributed by atoms with Crippen LogP contribution in [0.3, 0.4) is 0 Å². The Morgan fingerprint density at radius 3 is 2.53 bits per heavy atom. The van der Waals surface area contributed by atoms with Crippen molar-refractivity contribution in [1.82, 2.24) is 14.7 Å². The van der Waals surface area contributed by atoms with Gasteiger partial charge in [0.25, 0.3) is 0 Å². The molecule has 2 aliphatic rings. The Morgan fingerprint density at radius 1 is 1.17 bits per heavy atom. The molecule has 0 radical (unpaired) electrons. The van der Waals surface area contributed by atoms with Gasteiger partial charge in [-0.15, -0.1) is 0 Å². The Morgan fingerprint density at radius 2 is 1.90 bits per heavy atom. The van der Waals surface area contributed by atoms with Gasteiger partial charge in [-0.1, -0.05) is 0 Å². The minimum atomic E-state index is -0.506. The van der Waals surface area contributed by atoms with E-state index in [-0.39, 0.29) is 18.2 Å². The highest BCUT2D eigenvalue weighted by molar-refractivity contribution is 6.06. The number of esters is 1. The number of anilines is 1. The molecule has 1 saturated carbocycles. The largest absolute Gasteiger partial charge is 0.465 e. The van der Waals surface area contributed by atoms with Crippen molar-refractivity contribution >= 4 is 28.7 Å². The molecule has 1 aliphatic heterocycles. The SMILES string of the molecule is COC(=O)c1ccc(N2CCC(N(C(=O)OC(C)(C)C)C3CC3)C2)c2cn(C)nc12. The van der Waals surface area contributed by atoms with Gasteiger partial charge in [-0.3, -0.25) is 4.68 Å². The van der Waals surface area contributed by atoms with Crippen molar-refractivity contribution in [1.29, 1.82) is 0 Å². The maximum Gasteiger partial charge on any atom is 0.410 e. The molecule has 1 aliphatic carbocycles. The number of amides is 1. The summed E-state index contributed by atoms with van der Waals surface area (Å²) in [6, 6.07) is 4.12. The second-order valence-electron chi connectivity index (χ2n) is 9.20. The van der Waals surface area contributed by atoms with E-state index in [1.54, 1.807) is 10.7 Å². The van der Waals surface area contributed by atoms with E-state index in [2.05, 4.69) is 10.00 Å². The highest BCUT2D eigenvalue weighted by Gasteiger charge is 2.42. The number of aryl methyl sites for hydroxylation is 1. The summed E-state index contributed by atoms with van der Waals surface area (Å²) in [5, 5.41) is 5.39. The lowest BCUT2D eigenvalue weighted by atomic mass is 10.1. The van der Waals surface area contributed by atoms with Crippen molar-refractivity contribution in [3.63, 3.8) is 0 Å². The molecule has 1 amide bonds. The summed E-state index contributed by atoms with van der Waals surface area (Å²) in [5.74, 6) is -0.394. The van der Waals surface area contributed by atoms with Crippen molar-refractivity contribution in [2.75, 3.05) is 25.1 Å². The molecule has 2 fully saturated rings.